The zero-order valence-corrected chi connectivity index (χ0v) is 15.2. The van der Waals surface area contributed by atoms with Gasteiger partial charge in [-0.1, -0.05) is 60.7 Å². The Morgan fingerprint density at radius 2 is 1.30 bits per heavy atom. The van der Waals surface area contributed by atoms with Gasteiger partial charge in [-0.2, -0.15) is 0 Å². The van der Waals surface area contributed by atoms with Crippen molar-refractivity contribution in [3.8, 4) is 0 Å². The van der Waals surface area contributed by atoms with Gasteiger partial charge in [0.2, 0.25) is 5.91 Å². The Kier molecular flexibility index (Phi) is 9.25. The van der Waals surface area contributed by atoms with E-state index in [-0.39, 0.29) is 17.9 Å². The molecule has 0 spiro atoms. The zero-order valence-electron chi connectivity index (χ0n) is 15.2. The van der Waals surface area contributed by atoms with E-state index in [0.29, 0.717) is 6.61 Å². The Labute approximate surface area is 157 Å². The fourth-order valence-electron chi connectivity index (χ4n) is 2.40. The summed E-state index contributed by atoms with van der Waals surface area (Å²) in [5.74, 6) is -3.95. The Hall–Kier alpha value is -3.19. The van der Waals surface area contributed by atoms with E-state index in [1.165, 1.54) is 0 Å². The summed E-state index contributed by atoms with van der Waals surface area (Å²) in [5, 5.41) is 17.8. The van der Waals surface area contributed by atoms with E-state index >= 15 is 0 Å². The van der Waals surface area contributed by atoms with E-state index in [0.717, 1.165) is 11.1 Å². The molecule has 1 atom stereocenters. The van der Waals surface area contributed by atoms with Gasteiger partial charge in [0.05, 0.1) is 12.5 Å². The second-order valence-corrected chi connectivity index (χ2v) is 5.73. The number of nitrogens with one attached hydrogen (secondary N) is 1. The van der Waals surface area contributed by atoms with Gasteiger partial charge >= 0.3 is 11.9 Å². The molecule has 0 fully saturated rings. The summed E-state index contributed by atoms with van der Waals surface area (Å²) in [6.07, 6.45) is 0. The highest BCUT2D eigenvalue weighted by Gasteiger charge is 2.23. The first-order valence-corrected chi connectivity index (χ1v) is 8.22. The first-order chi connectivity index (χ1) is 12.9. The van der Waals surface area contributed by atoms with Gasteiger partial charge in [0, 0.05) is 13.2 Å². The fourth-order valence-corrected chi connectivity index (χ4v) is 2.40. The van der Waals surface area contributed by atoms with Crippen molar-refractivity contribution >= 4 is 17.8 Å². The third-order valence-corrected chi connectivity index (χ3v) is 3.52. The largest absolute Gasteiger partial charge is 0.473 e. The van der Waals surface area contributed by atoms with Crippen LogP contribution in [-0.4, -0.2) is 47.8 Å². The Balaban J connectivity index is 0.000000527. The maximum Gasteiger partial charge on any atom is 0.414 e. The molecule has 1 unspecified atom stereocenters. The lowest BCUT2D eigenvalue weighted by Crippen LogP contribution is -2.39. The minimum atomic E-state index is -1.82. The van der Waals surface area contributed by atoms with Crippen LogP contribution in [0.15, 0.2) is 60.7 Å². The third kappa shape index (κ3) is 7.70. The normalized spacial score (nSPS) is 11.1. The van der Waals surface area contributed by atoms with Crippen LogP contribution in [-0.2, 0) is 19.1 Å². The van der Waals surface area contributed by atoms with Crippen molar-refractivity contribution in [1.82, 2.24) is 5.32 Å². The van der Waals surface area contributed by atoms with Gasteiger partial charge in [-0.3, -0.25) is 4.79 Å². The summed E-state index contributed by atoms with van der Waals surface area (Å²) in [4.78, 5) is 30.9. The van der Waals surface area contributed by atoms with Crippen LogP contribution >= 0.6 is 0 Å². The van der Waals surface area contributed by atoms with Gasteiger partial charge in [-0.15, -0.1) is 0 Å². The lowest BCUT2D eigenvalue weighted by molar-refractivity contribution is -0.159. The highest BCUT2D eigenvalue weighted by Crippen LogP contribution is 2.24. The van der Waals surface area contributed by atoms with E-state index in [1.54, 1.807) is 7.11 Å². The number of hydrogen-bond donors (Lipinski definition) is 3. The topological polar surface area (TPSA) is 113 Å². The van der Waals surface area contributed by atoms with E-state index < -0.39 is 11.9 Å². The Morgan fingerprint density at radius 3 is 1.63 bits per heavy atom. The van der Waals surface area contributed by atoms with Crippen LogP contribution in [0.2, 0.25) is 0 Å². The molecule has 1 amide bonds. The van der Waals surface area contributed by atoms with Crippen LogP contribution in [0.3, 0.4) is 0 Å². The average Bonchev–Trinajstić information content (AvgIpc) is 2.64. The number of hydrogen-bond acceptors (Lipinski definition) is 4. The number of carbonyl (C=O) groups excluding carboxylic acids is 1. The number of carboxylic acid groups (broad SMARTS) is 2. The molecule has 2 rings (SSSR count). The van der Waals surface area contributed by atoms with Crippen LogP contribution in [0, 0.1) is 0 Å². The first-order valence-electron chi connectivity index (χ1n) is 8.22. The summed E-state index contributed by atoms with van der Waals surface area (Å²) in [6.45, 7) is 2.44. The minimum absolute atomic E-state index is 0.00282. The molecule has 0 aliphatic rings. The molecule has 0 radical (unpaired) electrons. The summed E-state index contributed by atoms with van der Waals surface area (Å²) in [6, 6.07) is 19.7. The van der Waals surface area contributed by atoms with Crippen molar-refractivity contribution in [1.29, 1.82) is 0 Å². The highest BCUT2D eigenvalue weighted by molar-refractivity contribution is 6.27. The van der Waals surface area contributed by atoms with Crippen molar-refractivity contribution in [2.24, 2.45) is 0 Å². The molecular weight excluding hydrogens is 350 g/mol. The standard InChI is InChI=1S/C18H21NO2.C2H2O4/c1-14(13-21-2)19-18(20)17(15-9-5-3-6-10-15)16-11-7-4-8-12-16;3-1(4)2(5)6/h3-12,14,17H,13H2,1-2H3,(H,19,20);(H,3,4)(H,5,6). The van der Waals surface area contributed by atoms with Crippen LogP contribution < -0.4 is 5.32 Å². The molecule has 0 aliphatic carbocycles. The van der Waals surface area contributed by atoms with Crippen LogP contribution in [0.4, 0.5) is 0 Å². The van der Waals surface area contributed by atoms with Gasteiger partial charge in [-0.05, 0) is 18.1 Å². The quantitative estimate of drug-likeness (QED) is 0.669. The molecule has 0 aliphatic heterocycles. The molecular formula is C20H23NO6. The van der Waals surface area contributed by atoms with Crippen LogP contribution in [0.25, 0.3) is 0 Å². The Morgan fingerprint density at radius 1 is 0.889 bits per heavy atom. The lowest BCUT2D eigenvalue weighted by atomic mass is 9.90. The number of carboxylic acids is 2. The summed E-state index contributed by atoms with van der Waals surface area (Å²) >= 11 is 0. The molecule has 3 N–H and O–H groups in total. The van der Waals surface area contributed by atoms with E-state index in [1.807, 2.05) is 67.6 Å². The summed E-state index contributed by atoms with van der Waals surface area (Å²) < 4.78 is 5.08. The van der Waals surface area contributed by atoms with Gasteiger partial charge in [0.15, 0.2) is 0 Å². The van der Waals surface area contributed by atoms with Crippen molar-refractivity contribution in [3.63, 3.8) is 0 Å². The lowest BCUT2D eigenvalue weighted by Gasteiger charge is -2.20. The molecule has 2 aromatic rings. The second-order valence-electron chi connectivity index (χ2n) is 5.73. The third-order valence-electron chi connectivity index (χ3n) is 3.52. The molecule has 27 heavy (non-hydrogen) atoms. The molecule has 2 aromatic carbocycles. The van der Waals surface area contributed by atoms with E-state index in [2.05, 4.69) is 5.32 Å². The van der Waals surface area contributed by atoms with E-state index in [9.17, 15) is 4.79 Å². The van der Waals surface area contributed by atoms with Gasteiger partial charge in [0.25, 0.3) is 0 Å². The predicted octanol–water partition coefficient (Wildman–Crippen LogP) is 2.13. The molecule has 0 bridgehead atoms. The zero-order chi connectivity index (χ0) is 20.2. The number of rotatable bonds is 6. The molecule has 0 saturated carbocycles. The predicted molar refractivity (Wildman–Crippen MR) is 99.5 cm³/mol. The van der Waals surface area contributed by atoms with Crippen molar-refractivity contribution in [2.75, 3.05) is 13.7 Å². The molecule has 0 heterocycles. The SMILES string of the molecule is COCC(C)NC(=O)C(c1ccccc1)c1ccccc1.O=C(O)C(=O)O. The first kappa shape index (κ1) is 21.9. The maximum atomic E-state index is 12.7. The monoisotopic (exact) mass is 373 g/mol. The number of amides is 1. The molecule has 7 heteroatoms. The highest BCUT2D eigenvalue weighted by atomic mass is 16.5. The van der Waals surface area contributed by atoms with Crippen molar-refractivity contribution in [2.45, 2.75) is 18.9 Å². The number of aliphatic carboxylic acids is 2. The van der Waals surface area contributed by atoms with E-state index in [4.69, 9.17) is 24.5 Å². The van der Waals surface area contributed by atoms with Gasteiger partial charge in [-0.25, -0.2) is 9.59 Å². The second kappa shape index (κ2) is 11.4. The number of carbonyl (C=O) groups is 3. The minimum Gasteiger partial charge on any atom is -0.473 e. The van der Waals surface area contributed by atoms with Crippen molar-refractivity contribution in [3.05, 3.63) is 71.8 Å². The van der Waals surface area contributed by atoms with Crippen LogP contribution in [0.5, 0.6) is 0 Å². The molecule has 0 saturated heterocycles. The van der Waals surface area contributed by atoms with Crippen LogP contribution in [0.1, 0.15) is 24.0 Å². The maximum absolute atomic E-state index is 12.7. The molecule has 7 nitrogen and oxygen atoms in total. The summed E-state index contributed by atoms with van der Waals surface area (Å²) in [5.41, 5.74) is 1.98. The van der Waals surface area contributed by atoms with Gasteiger partial charge < -0.3 is 20.3 Å². The molecule has 0 aromatic heterocycles. The molecule has 144 valence electrons. The fraction of sp³-hybridized carbons (Fsp3) is 0.250. The number of benzene rings is 2. The smallest absolute Gasteiger partial charge is 0.414 e. The summed E-state index contributed by atoms with van der Waals surface area (Å²) in [7, 11) is 1.63. The number of methoxy groups -OCH3 is 1. The average molecular weight is 373 g/mol. The number of ether oxygens (including phenoxy) is 1. The Bertz CT molecular complexity index is 681. The van der Waals surface area contributed by atoms with Crippen molar-refractivity contribution < 1.29 is 29.3 Å². The van der Waals surface area contributed by atoms with Gasteiger partial charge in [0.1, 0.15) is 0 Å².